The lowest BCUT2D eigenvalue weighted by atomic mass is 10.1. The van der Waals surface area contributed by atoms with Crippen LogP contribution in [0.3, 0.4) is 0 Å². The van der Waals surface area contributed by atoms with Gasteiger partial charge in [-0.2, -0.15) is 0 Å². The lowest BCUT2D eigenvalue weighted by molar-refractivity contribution is 0.0941. The summed E-state index contributed by atoms with van der Waals surface area (Å²) in [5, 5.41) is 5.79. The van der Waals surface area contributed by atoms with Crippen LogP contribution in [0.5, 0.6) is 5.75 Å². The van der Waals surface area contributed by atoms with E-state index in [2.05, 4.69) is 10.6 Å². The molecule has 3 rings (SSSR count). The highest BCUT2D eigenvalue weighted by Crippen LogP contribution is 2.20. The monoisotopic (exact) mass is 374 g/mol. The van der Waals surface area contributed by atoms with E-state index in [1.807, 2.05) is 37.3 Å². The Labute approximate surface area is 164 Å². The Kier molecular flexibility index (Phi) is 6.07. The fourth-order valence-electron chi connectivity index (χ4n) is 2.85. The number of benzene rings is 3. The number of anilines is 1. The molecule has 2 amide bonds. The SMILES string of the molecule is COc1cccc(C(=O)Nc2ccccc2C(=O)N[C@H](C)c2ccccc2)c1. The van der Waals surface area contributed by atoms with Crippen LogP contribution in [0.2, 0.25) is 0 Å². The molecule has 0 saturated heterocycles. The number of hydrogen-bond donors (Lipinski definition) is 2. The van der Waals surface area contributed by atoms with Gasteiger partial charge >= 0.3 is 0 Å². The lowest BCUT2D eigenvalue weighted by Gasteiger charge is -2.16. The summed E-state index contributed by atoms with van der Waals surface area (Å²) in [5.41, 5.74) is 2.32. The second-order valence-electron chi connectivity index (χ2n) is 6.34. The molecule has 0 aromatic heterocycles. The average Bonchev–Trinajstić information content (AvgIpc) is 2.74. The molecule has 3 aromatic carbocycles. The van der Waals surface area contributed by atoms with Crippen molar-refractivity contribution in [1.29, 1.82) is 0 Å². The van der Waals surface area contributed by atoms with Crippen LogP contribution >= 0.6 is 0 Å². The van der Waals surface area contributed by atoms with Crippen molar-refractivity contribution in [3.63, 3.8) is 0 Å². The van der Waals surface area contributed by atoms with Crippen LogP contribution in [0.4, 0.5) is 5.69 Å². The lowest BCUT2D eigenvalue weighted by Crippen LogP contribution is -2.28. The maximum Gasteiger partial charge on any atom is 0.255 e. The predicted octanol–water partition coefficient (Wildman–Crippen LogP) is 4.44. The molecule has 0 aliphatic heterocycles. The van der Waals surface area contributed by atoms with Crippen molar-refractivity contribution in [1.82, 2.24) is 5.32 Å². The summed E-state index contributed by atoms with van der Waals surface area (Å²) in [6.07, 6.45) is 0. The molecule has 0 aliphatic carbocycles. The summed E-state index contributed by atoms with van der Waals surface area (Å²) in [4.78, 5) is 25.4. The average molecular weight is 374 g/mol. The number of amides is 2. The molecule has 3 aromatic rings. The van der Waals surface area contributed by atoms with E-state index in [4.69, 9.17) is 4.74 Å². The van der Waals surface area contributed by atoms with Crippen molar-refractivity contribution < 1.29 is 14.3 Å². The van der Waals surface area contributed by atoms with Gasteiger partial charge in [-0.15, -0.1) is 0 Å². The third-order valence-corrected chi connectivity index (χ3v) is 4.40. The third-order valence-electron chi connectivity index (χ3n) is 4.40. The van der Waals surface area contributed by atoms with E-state index in [1.165, 1.54) is 0 Å². The molecule has 28 heavy (non-hydrogen) atoms. The first-order chi connectivity index (χ1) is 13.6. The molecule has 5 nitrogen and oxygen atoms in total. The number of methoxy groups -OCH3 is 1. The molecule has 5 heteroatoms. The number of para-hydroxylation sites is 1. The maximum atomic E-state index is 12.8. The highest BCUT2D eigenvalue weighted by atomic mass is 16.5. The van der Waals surface area contributed by atoms with Crippen LogP contribution < -0.4 is 15.4 Å². The molecular formula is C23H22N2O3. The number of carbonyl (C=O) groups excluding carboxylic acids is 2. The Morgan fingerprint density at radius 3 is 2.32 bits per heavy atom. The number of nitrogens with one attached hydrogen (secondary N) is 2. The van der Waals surface area contributed by atoms with E-state index >= 15 is 0 Å². The van der Waals surface area contributed by atoms with E-state index in [-0.39, 0.29) is 17.9 Å². The topological polar surface area (TPSA) is 67.4 Å². The van der Waals surface area contributed by atoms with Gasteiger partial charge < -0.3 is 15.4 Å². The van der Waals surface area contributed by atoms with Crippen LogP contribution in [0.15, 0.2) is 78.9 Å². The Bertz CT molecular complexity index is 970. The van der Waals surface area contributed by atoms with Crippen molar-refractivity contribution >= 4 is 17.5 Å². The molecule has 0 unspecified atom stereocenters. The molecular weight excluding hydrogens is 352 g/mol. The van der Waals surface area contributed by atoms with Crippen LogP contribution in [0.25, 0.3) is 0 Å². The zero-order chi connectivity index (χ0) is 19.9. The summed E-state index contributed by atoms with van der Waals surface area (Å²) in [6.45, 7) is 1.92. The first-order valence-corrected chi connectivity index (χ1v) is 8.98. The molecule has 0 bridgehead atoms. The van der Waals surface area contributed by atoms with Crippen molar-refractivity contribution in [2.45, 2.75) is 13.0 Å². The smallest absolute Gasteiger partial charge is 0.255 e. The molecule has 0 saturated carbocycles. The van der Waals surface area contributed by atoms with Crippen molar-refractivity contribution in [2.75, 3.05) is 12.4 Å². The van der Waals surface area contributed by atoms with Gasteiger partial charge in [0.1, 0.15) is 5.75 Å². The van der Waals surface area contributed by atoms with Gasteiger partial charge in [0.05, 0.1) is 24.4 Å². The van der Waals surface area contributed by atoms with Gasteiger partial charge in [0.15, 0.2) is 0 Å². The largest absolute Gasteiger partial charge is 0.497 e. The second kappa shape index (κ2) is 8.86. The minimum atomic E-state index is -0.310. The van der Waals surface area contributed by atoms with Gasteiger partial charge in [-0.05, 0) is 42.8 Å². The van der Waals surface area contributed by atoms with Crippen molar-refractivity contribution in [3.8, 4) is 5.75 Å². The van der Waals surface area contributed by atoms with Crippen LogP contribution in [-0.4, -0.2) is 18.9 Å². The summed E-state index contributed by atoms with van der Waals surface area (Å²) in [7, 11) is 1.55. The van der Waals surface area contributed by atoms with Gasteiger partial charge in [-0.25, -0.2) is 0 Å². The normalized spacial score (nSPS) is 11.4. The molecule has 0 heterocycles. The second-order valence-corrected chi connectivity index (χ2v) is 6.34. The van der Waals surface area contributed by atoms with Crippen LogP contribution in [0, 0.1) is 0 Å². The van der Waals surface area contributed by atoms with E-state index < -0.39 is 0 Å². The summed E-state index contributed by atoms with van der Waals surface area (Å²) >= 11 is 0. The minimum absolute atomic E-state index is 0.157. The van der Waals surface area contributed by atoms with Gasteiger partial charge in [-0.3, -0.25) is 9.59 Å². The zero-order valence-corrected chi connectivity index (χ0v) is 15.8. The van der Waals surface area contributed by atoms with E-state index in [1.54, 1.807) is 55.6 Å². The quantitative estimate of drug-likeness (QED) is 0.670. The highest BCUT2D eigenvalue weighted by molar-refractivity contribution is 6.09. The molecule has 1 atom stereocenters. The number of ether oxygens (including phenoxy) is 1. The summed E-state index contributed by atoms with van der Waals surface area (Å²) in [6, 6.07) is 23.3. The van der Waals surface area contributed by atoms with Gasteiger partial charge in [0, 0.05) is 5.56 Å². The molecule has 0 fully saturated rings. The Balaban J connectivity index is 1.77. The van der Waals surface area contributed by atoms with Gasteiger partial charge in [0.2, 0.25) is 0 Å². The number of hydrogen-bond acceptors (Lipinski definition) is 3. The minimum Gasteiger partial charge on any atom is -0.497 e. The number of rotatable bonds is 6. The fourth-order valence-corrected chi connectivity index (χ4v) is 2.85. The summed E-state index contributed by atoms with van der Waals surface area (Å²) in [5.74, 6) is 0.0310. The molecule has 0 aliphatic rings. The molecule has 142 valence electrons. The Morgan fingerprint density at radius 1 is 0.857 bits per heavy atom. The van der Waals surface area contributed by atoms with E-state index in [0.29, 0.717) is 22.6 Å². The Morgan fingerprint density at radius 2 is 1.57 bits per heavy atom. The number of carbonyl (C=O) groups is 2. The fraction of sp³-hybridized carbons (Fsp3) is 0.130. The van der Waals surface area contributed by atoms with E-state index in [0.717, 1.165) is 5.56 Å². The Hall–Kier alpha value is -3.60. The van der Waals surface area contributed by atoms with Gasteiger partial charge in [0.25, 0.3) is 11.8 Å². The first-order valence-electron chi connectivity index (χ1n) is 8.98. The summed E-state index contributed by atoms with van der Waals surface area (Å²) < 4.78 is 5.16. The van der Waals surface area contributed by atoms with Gasteiger partial charge in [-0.1, -0.05) is 48.5 Å². The van der Waals surface area contributed by atoms with Crippen LogP contribution in [-0.2, 0) is 0 Å². The zero-order valence-electron chi connectivity index (χ0n) is 15.8. The van der Waals surface area contributed by atoms with Crippen molar-refractivity contribution in [3.05, 3.63) is 95.6 Å². The molecule has 0 spiro atoms. The highest BCUT2D eigenvalue weighted by Gasteiger charge is 2.16. The maximum absolute atomic E-state index is 12.8. The van der Waals surface area contributed by atoms with Crippen LogP contribution in [0.1, 0.15) is 39.2 Å². The predicted molar refractivity (Wildman–Crippen MR) is 110 cm³/mol. The van der Waals surface area contributed by atoms with Crippen molar-refractivity contribution in [2.24, 2.45) is 0 Å². The third kappa shape index (κ3) is 4.57. The first kappa shape index (κ1) is 19.2. The standard InChI is InChI=1S/C23H22N2O3/c1-16(17-9-4-3-5-10-17)24-23(27)20-13-6-7-14-21(20)25-22(26)18-11-8-12-19(15-18)28-2/h3-16H,1-2H3,(H,24,27)(H,25,26)/t16-/m1/s1. The molecule has 2 N–H and O–H groups in total. The molecule has 0 radical (unpaired) electrons. The van der Waals surface area contributed by atoms with E-state index in [9.17, 15) is 9.59 Å².